The molecule has 9 nitrogen and oxygen atoms in total. The first-order chi connectivity index (χ1) is 16.6. The fourth-order valence-electron chi connectivity index (χ4n) is 2.95. The van der Waals surface area contributed by atoms with Gasteiger partial charge < -0.3 is 14.2 Å². The van der Waals surface area contributed by atoms with Crippen LogP contribution in [0.15, 0.2) is 59.1 Å². The third kappa shape index (κ3) is 5.80. The second-order valence-electron chi connectivity index (χ2n) is 6.80. The predicted molar refractivity (Wildman–Crippen MR) is 131 cm³/mol. The molecule has 0 bridgehead atoms. The molecule has 0 fully saturated rings. The van der Waals surface area contributed by atoms with Gasteiger partial charge in [0.05, 0.1) is 42.9 Å². The van der Waals surface area contributed by atoms with Crippen LogP contribution >= 0.6 is 23.1 Å². The predicted octanol–water partition coefficient (Wildman–Crippen LogP) is 4.04. The van der Waals surface area contributed by atoms with E-state index in [9.17, 15) is 9.59 Å². The highest BCUT2D eigenvalue weighted by Gasteiger charge is 2.14. The quantitative estimate of drug-likeness (QED) is 0.271. The number of hydrogen-bond donors (Lipinski definition) is 1. The average molecular weight is 497 g/mol. The zero-order valence-corrected chi connectivity index (χ0v) is 19.9. The van der Waals surface area contributed by atoms with Gasteiger partial charge in [0.2, 0.25) is 0 Å². The number of benzene rings is 2. The Morgan fingerprint density at radius 1 is 1.06 bits per heavy atom. The zero-order valence-electron chi connectivity index (χ0n) is 18.3. The number of para-hydroxylation sites is 2. The first kappa shape index (κ1) is 23.5. The van der Waals surface area contributed by atoms with Gasteiger partial charge in [-0.1, -0.05) is 23.9 Å². The van der Waals surface area contributed by atoms with Gasteiger partial charge in [-0.2, -0.15) is 0 Å². The summed E-state index contributed by atoms with van der Waals surface area (Å²) >= 11 is 2.44. The van der Waals surface area contributed by atoms with Gasteiger partial charge in [-0.25, -0.2) is 9.97 Å². The summed E-state index contributed by atoms with van der Waals surface area (Å²) in [5.41, 5.74) is 2.88. The Hall–Kier alpha value is -3.70. The number of thiazole rings is 1. The molecule has 2 heterocycles. The highest BCUT2D eigenvalue weighted by Crippen LogP contribution is 2.35. The number of amides is 1. The van der Waals surface area contributed by atoms with E-state index < -0.39 is 18.5 Å². The molecule has 0 saturated carbocycles. The molecule has 0 aliphatic carbocycles. The normalized spacial score (nSPS) is 10.6. The van der Waals surface area contributed by atoms with Crippen molar-refractivity contribution in [1.29, 1.82) is 0 Å². The third-order valence-electron chi connectivity index (χ3n) is 4.56. The number of aromatic nitrogens is 3. The lowest BCUT2D eigenvalue weighted by Crippen LogP contribution is -2.21. The van der Waals surface area contributed by atoms with Gasteiger partial charge >= 0.3 is 5.97 Å². The van der Waals surface area contributed by atoms with Crippen molar-refractivity contribution in [2.45, 2.75) is 5.03 Å². The lowest BCUT2D eigenvalue weighted by molar-refractivity contribution is -0.144. The monoisotopic (exact) mass is 496 g/mol. The summed E-state index contributed by atoms with van der Waals surface area (Å²) in [7, 11) is 3.15. The van der Waals surface area contributed by atoms with Crippen molar-refractivity contribution in [2.24, 2.45) is 0 Å². The Balaban J connectivity index is 1.28. The molecule has 174 valence electrons. The van der Waals surface area contributed by atoms with Gasteiger partial charge in [-0.3, -0.25) is 19.9 Å². The summed E-state index contributed by atoms with van der Waals surface area (Å²) in [5, 5.41) is 5.41. The number of nitrogens with zero attached hydrogens (tertiary/aromatic N) is 3. The largest absolute Gasteiger partial charge is 0.497 e. The van der Waals surface area contributed by atoms with Crippen LogP contribution in [0, 0.1) is 0 Å². The number of nitrogens with one attached hydrogen (secondary N) is 1. The highest BCUT2D eigenvalue weighted by molar-refractivity contribution is 7.99. The Kier molecular flexibility index (Phi) is 7.55. The van der Waals surface area contributed by atoms with Crippen LogP contribution in [0.2, 0.25) is 0 Å². The molecule has 0 radical (unpaired) electrons. The number of fused-ring (bicyclic) bond motifs is 1. The molecule has 4 rings (SSSR count). The fourth-order valence-corrected chi connectivity index (χ4v) is 4.32. The molecular formula is C23H20N4O5S2. The molecule has 2 aromatic carbocycles. The number of hydrogen-bond acceptors (Lipinski definition) is 10. The lowest BCUT2D eigenvalue weighted by Gasteiger charge is -2.08. The van der Waals surface area contributed by atoms with Crippen LogP contribution in [0.3, 0.4) is 0 Å². The van der Waals surface area contributed by atoms with Crippen molar-refractivity contribution in [3.8, 4) is 22.8 Å². The topological polar surface area (TPSA) is 113 Å². The molecule has 0 unspecified atom stereocenters. The van der Waals surface area contributed by atoms with Gasteiger partial charge in [0.15, 0.2) is 11.7 Å². The molecule has 34 heavy (non-hydrogen) atoms. The van der Waals surface area contributed by atoms with E-state index in [4.69, 9.17) is 14.2 Å². The van der Waals surface area contributed by atoms with E-state index in [1.807, 2.05) is 24.3 Å². The SMILES string of the molecule is COc1ccc(OC)c(-c2csc(NC(=O)COC(=O)CSc3cnc4ccccc4n3)n2)c1. The maximum atomic E-state index is 12.2. The minimum absolute atomic E-state index is 0.0112. The van der Waals surface area contributed by atoms with Crippen molar-refractivity contribution < 1.29 is 23.8 Å². The summed E-state index contributed by atoms with van der Waals surface area (Å²) in [4.78, 5) is 37.4. The molecule has 0 atom stereocenters. The lowest BCUT2D eigenvalue weighted by atomic mass is 10.1. The number of anilines is 1. The summed E-state index contributed by atoms with van der Waals surface area (Å²) in [6.07, 6.45) is 1.60. The van der Waals surface area contributed by atoms with Crippen molar-refractivity contribution in [2.75, 3.05) is 31.9 Å². The van der Waals surface area contributed by atoms with E-state index in [2.05, 4.69) is 20.3 Å². The molecule has 11 heteroatoms. The number of ether oxygens (including phenoxy) is 3. The molecule has 0 aliphatic rings. The molecular weight excluding hydrogens is 476 g/mol. The van der Waals surface area contributed by atoms with Crippen molar-refractivity contribution in [1.82, 2.24) is 15.0 Å². The number of carbonyl (C=O) groups excluding carboxylic acids is 2. The highest BCUT2D eigenvalue weighted by atomic mass is 32.2. The van der Waals surface area contributed by atoms with E-state index >= 15 is 0 Å². The number of rotatable bonds is 9. The maximum absolute atomic E-state index is 12.2. The van der Waals surface area contributed by atoms with Gasteiger partial charge in [0, 0.05) is 10.9 Å². The van der Waals surface area contributed by atoms with Crippen LogP contribution in [0.1, 0.15) is 0 Å². The first-order valence-electron chi connectivity index (χ1n) is 10.0. The molecule has 4 aromatic rings. The second-order valence-corrected chi connectivity index (χ2v) is 8.65. The first-order valence-corrected chi connectivity index (χ1v) is 11.9. The van der Waals surface area contributed by atoms with Gasteiger partial charge in [0.25, 0.3) is 5.91 Å². The Labute approximate surface area is 203 Å². The summed E-state index contributed by atoms with van der Waals surface area (Å²) < 4.78 is 15.7. The van der Waals surface area contributed by atoms with Gasteiger partial charge in [0.1, 0.15) is 16.5 Å². The summed E-state index contributed by atoms with van der Waals surface area (Å²) in [6.45, 7) is -0.416. The van der Waals surface area contributed by atoms with E-state index in [-0.39, 0.29) is 5.75 Å². The molecule has 0 spiro atoms. The van der Waals surface area contributed by atoms with E-state index in [1.54, 1.807) is 44.0 Å². The standard InChI is InChI=1S/C23H20N4O5S2/c1-30-14-7-8-19(31-2)15(9-14)18-12-34-23(26-18)27-20(28)11-32-22(29)13-33-21-10-24-16-5-3-4-6-17(16)25-21/h3-10,12H,11,13H2,1-2H3,(H,26,27,28). The Morgan fingerprint density at radius 3 is 2.68 bits per heavy atom. The molecule has 0 saturated heterocycles. The van der Waals surface area contributed by atoms with Crippen LogP contribution in [0.25, 0.3) is 22.3 Å². The van der Waals surface area contributed by atoms with E-state index in [0.717, 1.165) is 16.6 Å². The van der Waals surface area contributed by atoms with Crippen LogP contribution in [-0.2, 0) is 14.3 Å². The van der Waals surface area contributed by atoms with E-state index in [1.165, 1.54) is 23.1 Å². The van der Waals surface area contributed by atoms with E-state index in [0.29, 0.717) is 27.4 Å². The smallest absolute Gasteiger partial charge is 0.316 e. The van der Waals surface area contributed by atoms with Crippen molar-refractivity contribution >= 4 is 51.1 Å². The minimum Gasteiger partial charge on any atom is -0.497 e. The zero-order chi connectivity index (χ0) is 23.9. The summed E-state index contributed by atoms with van der Waals surface area (Å²) in [6, 6.07) is 12.8. The average Bonchev–Trinajstić information content (AvgIpc) is 3.33. The molecule has 1 amide bonds. The van der Waals surface area contributed by atoms with Crippen LogP contribution in [0.4, 0.5) is 5.13 Å². The van der Waals surface area contributed by atoms with Crippen molar-refractivity contribution in [3.05, 3.63) is 54.0 Å². The number of esters is 1. The van der Waals surface area contributed by atoms with Crippen LogP contribution in [0.5, 0.6) is 11.5 Å². The fraction of sp³-hybridized carbons (Fsp3) is 0.174. The number of thioether (sulfide) groups is 1. The maximum Gasteiger partial charge on any atom is 0.316 e. The van der Waals surface area contributed by atoms with Gasteiger partial charge in [-0.15, -0.1) is 11.3 Å². The minimum atomic E-state index is -0.531. The molecule has 0 aliphatic heterocycles. The Bertz CT molecular complexity index is 1330. The second kappa shape index (κ2) is 10.9. The van der Waals surface area contributed by atoms with Gasteiger partial charge in [-0.05, 0) is 30.3 Å². The third-order valence-corrected chi connectivity index (χ3v) is 6.19. The van der Waals surface area contributed by atoms with Crippen LogP contribution < -0.4 is 14.8 Å². The number of methoxy groups -OCH3 is 2. The molecule has 1 N–H and O–H groups in total. The summed E-state index contributed by atoms with van der Waals surface area (Å²) in [5.74, 6) is 0.288. The number of carbonyl (C=O) groups is 2. The Morgan fingerprint density at radius 2 is 1.88 bits per heavy atom. The molecule has 2 aromatic heterocycles. The van der Waals surface area contributed by atoms with Crippen molar-refractivity contribution in [3.63, 3.8) is 0 Å². The van der Waals surface area contributed by atoms with Crippen LogP contribution in [-0.4, -0.2) is 53.4 Å².